The monoisotopic (exact) mass is 337 g/mol. The fourth-order valence-electron chi connectivity index (χ4n) is 2.39. The summed E-state index contributed by atoms with van der Waals surface area (Å²) in [6.45, 7) is 14.4. The van der Waals surface area contributed by atoms with Gasteiger partial charge in [-0.3, -0.25) is 0 Å². The van der Waals surface area contributed by atoms with E-state index in [-0.39, 0.29) is 0 Å². The highest BCUT2D eigenvalue weighted by atomic mass is 15.6. The van der Waals surface area contributed by atoms with Crippen molar-refractivity contribution in [2.24, 2.45) is 10.9 Å². The van der Waals surface area contributed by atoms with Crippen LogP contribution in [0, 0.1) is 0 Å². The average molecular weight is 338 g/mol. The summed E-state index contributed by atoms with van der Waals surface area (Å²) in [7, 11) is 0. The molecule has 134 valence electrons. The van der Waals surface area contributed by atoms with Crippen molar-refractivity contribution in [2.75, 3.05) is 6.54 Å². The maximum absolute atomic E-state index is 5.95. The average Bonchev–Trinajstić information content (AvgIpc) is 2.58. The van der Waals surface area contributed by atoms with Gasteiger partial charge >= 0.3 is 0 Å². The molecular weight excluding hydrogens is 306 g/mol. The molecule has 1 aromatic carbocycles. The lowest BCUT2D eigenvalue weighted by atomic mass is 10.0. The molecule has 0 heterocycles. The molecule has 0 saturated carbocycles. The largest absolute Gasteiger partial charge is 0.232 e. The van der Waals surface area contributed by atoms with E-state index in [0.717, 1.165) is 30.5 Å². The second-order valence-electron chi connectivity index (χ2n) is 6.30. The van der Waals surface area contributed by atoms with Crippen LogP contribution in [0.5, 0.6) is 0 Å². The Morgan fingerprint density at radius 1 is 1.16 bits per heavy atom. The highest BCUT2D eigenvalue weighted by Crippen LogP contribution is 2.12. The maximum atomic E-state index is 5.95. The fourth-order valence-corrected chi connectivity index (χ4v) is 2.39. The van der Waals surface area contributed by atoms with Crippen molar-refractivity contribution < 1.29 is 0 Å². The maximum Gasteiger partial charge on any atom is 0.0662 e. The van der Waals surface area contributed by atoms with E-state index >= 15 is 0 Å². The van der Waals surface area contributed by atoms with Crippen molar-refractivity contribution in [1.82, 2.24) is 5.12 Å². The Hall–Kier alpha value is -2.39. The molecule has 0 atom stereocenters. The predicted octanol–water partition coefficient (Wildman–Crippen LogP) is 5.17. The molecular formula is C22H31N3. The number of nitrogens with two attached hydrogens (primary N) is 1. The summed E-state index contributed by atoms with van der Waals surface area (Å²) in [5.41, 5.74) is 5.80. The zero-order chi connectivity index (χ0) is 18.7. The van der Waals surface area contributed by atoms with Crippen LogP contribution < -0.4 is 5.84 Å². The lowest BCUT2D eigenvalue weighted by molar-refractivity contribution is 0.305. The van der Waals surface area contributed by atoms with Crippen LogP contribution in [-0.2, 0) is 6.42 Å². The minimum absolute atomic E-state index is 0.709. The lowest BCUT2D eigenvalue weighted by Gasteiger charge is -2.13. The molecule has 0 bridgehead atoms. The van der Waals surface area contributed by atoms with Crippen LogP contribution >= 0.6 is 0 Å². The first-order valence-corrected chi connectivity index (χ1v) is 8.70. The third kappa shape index (κ3) is 8.32. The van der Waals surface area contributed by atoms with Crippen LogP contribution in [0.3, 0.4) is 0 Å². The van der Waals surface area contributed by atoms with E-state index in [1.807, 2.05) is 19.1 Å². The Bertz CT molecular complexity index is 644. The molecule has 2 N–H and O–H groups in total. The summed E-state index contributed by atoms with van der Waals surface area (Å²) in [5, 5.41) is 5.96. The third-order valence-electron chi connectivity index (χ3n) is 3.86. The van der Waals surface area contributed by atoms with Gasteiger partial charge in [0.05, 0.1) is 12.3 Å². The Kier molecular flexibility index (Phi) is 9.26. The first-order chi connectivity index (χ1) is 12.0. The number of aryl methyl sites for hydroxylation is 1. The molecule has 0 aromatic heterocycles. The van der Waals surface area contributed by atoms with E-state index in [1.54, 1.807) is 6.08 Å². The molecule has 0 unspecified atom stereocenters. The molecule has 25 heavy (non-hydrogen) atoms. The highest BCUT2D eigenvalue weighted by molar-refractivity contribution is 5.98. The van der Waals surface area contributed by atoms with Crippen LogP contribution in [0.4, 0.5) is 0 Å². The van der Waals surface area contributed by atoms with Crippen molar-refractivity contribution in [3.05, 3.63) is 84.0 Å². The molecule has 3 nitrogen and oxygen atoms in total. The van der Waals surface area contributed by atoms with Crippen LogP contribution in [0.25, 0.3) is 0 Å². The molecule has 0 spiro atoms. The molecule has 0 amide bonds. The van der Waals surface area contributed by atoms with Crippen LogP contribution in [0.2, 0.25) is 0 Å². The van der Waals surface area contributed by atoms with Gasteiger partial charge in [0.15, 0.2) is 0 Å². The number of hydrogen-bond acceptors (Lipinski definition) is 3. The molecule has 0 aliphatic heterocycles. The highest BCUT2D eigenvalue weighted by Gasteiger charge is 2.01. The topological polar surface area (TPSA) is 41.6 Å². The van der Waals surface area contributed by atoms with Crippen molar-refractivity contribution in [1.29, 1.82) is 0 Å². The van der Waals surface area contributed by atoms with Gasteiger partial charge in [0.1, 0.15) is 0 Å². The molecule has 0 fully saturated rings. The van der Waals surface area contributed by atoms with Gasteiger partial charge in [0.25, 0.3) is 0 Å². The normalized spacial score (nSPS) is 11.8. The van der Waals surface area contributed by atoms with Gasteiger partial charge in [-0.05, 0) is 56.7 Å². The smallest absolute Gasteiger partial charge is 0.0662 e. The van der Waals surface area contributed by atoms with Crippen LogP contribution in [-0.4, -0.2) is 17.4 Å². The number of nitrogens with zero attached hydrogens (tertiary/aromatic N) is 2. The predicted molar refractivity (Wildman–Crippen MR) is 110 cm³/mol. The minimum atomic E-state index is 0.709. The van der Waals surface area contributed by atoms with Crippen LogP contribution in [0.15, 0.2) is 78.0 Å². The first-order valence-electron chi connectivity index (χ1n) is 8.70. The molecule has 1 aromatic rings. The van der Waals surface area contributed by atoms with Crippen LogP contribution in [0.1, 0.15) is 44.7 Å². The van der Waals surface area contributed by atoms with Gasteiger partial charge in [0, 0.05) is 0 Å². The molecule has 1 rings (SSSR count). The van der Waals surface area contributed by atoms with Crippen molar-refractivity contribution in [3.63, 3.8) is 0 Å². The third-order valence-corrected chi connectivity index (χ3v) is 3.86. The quantitative estimate of drug-likeness (QED) is 0.210. The van der Waals surface area contributed by atoms with Crippen molar-refractivity contribution in [2.45, 2.75) is 40.0 Å². The molecule has 3 heteroatoms. The van der Waals surface area contributed by atoms with Gasteiger partial charge in [-0.15, -0.1) is 0 Å². The Morgan fingerprint density at radius 2 is 1.84 bits per heavy atom. The van der Waals surface area contributed by atoms with Crippen molar-refractivity contribution >= 4 is 5.71 Å². The summed E-state index contributed by atoms with van der Waals surface area (Å²) in [4.78, 5) is 0. The van der Waals surface area contributed by atoms with E-state index in [9.17, 15) is 0 Å². The number of allylic oxidation sites excluding steroid dienone is 5. The zero-order valence-electron chi connectivity index (χ0n) is 15.8. The minimum Gasteiger partial charge on any atom is -0.232 e. The number of hydrazone groups is 1. The van der Waals surface area contributed by atoms with Gasteiger partial charge in [-0.2, -0.15) is 5.10 Å². The van der Waals surface area contributed by atoms with Crippen molar-refractivity contribution in [3.8, 4) is 0 Å². The SMILES string of the molecule is C=C/C=C(\C=C)CCc1ccc(/C(C)=N/N(N)CCC=C(C)C)cc1. The summed E-state index contributed by atoms with van der Waals surface area (Å²) < 4.78 is 0. The zero-order valence-corrected chi connectivity index (χ0v) is 15.8. The lowest BCUT2D eigenvalue weighted by Crippen LogP contribution is -2.27. The molecule has 0 aliphatic carbocycles. The fraction of sp³-hybridized carbons (Fsp3) is 0.318. The summed E-state index contributed by atoms with van der Waals surface area (Å²) >= 11 is 0. The number of hydrazine groups is 1. The number of rotatable bonds is 10. The van der Waals surface area contributed by atoms with Gasteiger partial charge < -0.3 is 0 Å². The second kappa shape index (κ2) is 11.2. The summed E-state index contributed by atoms with van der Waals surface area (Å²) in [5.74, 6) is 5.95. The Morgan fingerprint density at radius 3 is 2.40 bits per heavy atom. The van der Waals surface area contributed by atoms with Gasteiger partial charge in [-0.1, -0.05) is 67.3 Å². The summed E-state index contributed by atoms with van der Waals surface area (Å²) in [6.07, 6.45) is 10.7. The first kappa shape index (κ1) is 20.7. The van der Waals surface area contributed by atoms with E-state index in [4.69, 9.17) is 5.84 Å². The number of benzene rings is 1. The number of hydrogen-bond donors (Lipinski definition) is 1. The van der Waals surface area contributed by atoms with E-state index in [1.165, 1.54) is 21.8 Å². The van der Waals surface area contributed by atoms with Gasteiger partial charge in [-0.25, -0.2) is 11.0 Å². The Labute approximate surface area is 152 Å². The summed E-state index contributed by atoms with van der Waals surface area (Å²) in [6, 6.07) is 8.49. The molecule has 0 radical (unpaired) electrons. The van der Waals surface area contributed by atoms with E-state index in [2.05, 4.69) is 62.4 Å². The van der Waals surface area contributed by atoms with E-state index in [0.29, 0.717) is 6.54 Å². The van der Waals surface area contributed by atoms with Gasteiger partial charge in [0.2, 0.25) is 0 Å². The Balaban J connectivity index is 2.63. The second-order valence-corrected chi connectivity index (χ2v) is 6.30. The standard InChI is InChI=1S/C22H31N3/c1-6-9-20(7-2)11-12-21-13-15-22(16-14-21)19(5)24-25(23)17-8-10-18(3)4/h6-7,9-10,13-16H,1-2,8,11-12,17,23H2,3-5H3/b20-9+,24-19+. The molecule has 0 saturated heterocycles. The molecule has 0 aliphatic rings. The van der Waals surface area contributed by atoms with E-state index < -0.39 is 0 Å².